The number of carbonyl (C=O) groups is 1. The summed E-state index contributed by atoms with van der Waals surface area (Å²) in [5.41, 5.74) is 1.37. The van der Waals surface area contributed by atoms with Gasteiger partial charge in [-0.3, -0.25) is 9.42 Å². The first kappa shape index (κ1) is 44.2. The number of hydrogen-bond donors (Lipinski definition) is 3. The third-order valence-electron chi connectivity index (χ3n) is 10.5. The van der Waals surface area contributed by atoms with Crippen molar-refractivity contribution in [3.63, 3.8) is 0 Å². The number of rotatable bonds is 9. The summed E-state index contributed by atoms with van der Waals surface area (Å²) < 4.78 is 115. The Labute approximate surface area is 339 Å². The molecule has 0 amide bonds. The molecule has 318 valence electrons. The summed E-state index contributed by atoms with van der Waals surface area (Å²) in [5.74, 6) is -0.754. The zero-order chi connectivity index (χ0) is 43.9. The smallest absolute Gasteiger partial charge is 0.464 e. The molecule has 0 unspecified atom stereocenters. The van der Waals surface area contributed by atoms with Crippen LogP contribution >= 0.6 is 7.82 Å². The first-order valence-electron chi connectivity index (χ1n) is 18.6. The van der Waals surface area contributed by atoms with Gasteiger partial charge in [0.1, 0.15) is 5.82 Å². The highest BCUT2D eigenvalue weighted by Crippen LogP contribution is 2.48. The number of phosphoric acid groups is 1. The summed E-state index contributed by atoms with van der Waals surface area (Å²) in [6, 6.07) is 20.6. The second-order valence-electron chi connectivity index (χ2n) is 14.6. The number of benzene rings is 4. The van der Waals surface area contributed by atoms with Gasteiger partial charge in [0.05, 0.1) is 45.9 Å². The molecule has 0 spiro atoms. The molecule has 0 aliphatic carbocycles. The molecule has 0 bridgehead atoms. The second kappa shape index (κ2) is 16.6. The molecule has 3 N–H and O–H groups in total. The van der Waals surface area contributed by atoms with Crippen LogP contribution in [-0.4, -0.2) is 40.2 Å². The zero-order valence-electron chi connectivity index (χ0n) is 32.6. The van der Waals surface area contributed by atoms with Gasteiger partial charge >= 0.3 is 26.3 Å². The number of nitrogens with zero attached hydrogens (tertiary/aromatic N) is 4. The fourth-order valence-electron chi connectivity index (χ4n) is 7.49. The minimum atomic E-state index is -5.04. The van der Waals surface area contributed by atoms with Gasteiger partial charge in [-0.05, 0) is 79.3 Å². The molecule has 0 saturated carbocycles. The second-order valence-corrected chi connectivity index (χ2v) is 15.8. The van der Waals surface area contributed by atoms with Crippen molar-refractivity contribution >= 4 is 24.8 Å². The van der Waals surface area contributed by atoms with Gasteiger partial charge in [0.2, 0.25) is 0 Å². The van der Waals surface area contributed by atoms with Gasteiger partial charge in [-0.25, -0.2) is 23.0 Å². The SMILES string of the molecule is CCc1cccc(CC)c1-n1nc2c(c1-c1ccc(F)c3c1ccn3C(=O)O)CN(Cc1ccc(C(F)(F)F)cc1C(F)(F)F)C2(C)C.O=P(O)(O)OCc1ccccc1. The van der Waals surface area contributed by atoms with E-state index in [1.807, 2.05) is 38.1 Å². The number of halogens is 7. The molecule has 10 nitrogen and oxygen atoms in total. The van der Waals surface area contributed by atoms with E-state index in [4.69, 9.17) is 14.9 Å². The van der Waals surface area contributed by atoms with Gasteiger partial charge in [0.25, 0.3) is 0 Å². The van der Waals surface area contributed by atoms with Crippen LogP contribution in [0.4, 0.5) is 35.5 Å². The summed E-state index contributed by atoms with van der Waals surface area (Å²) in [6.07, 6.45) is -8.83. The number of para-hydroxylation sites is 1. The molecule has 0 radical (unpaired) electrons. The van der Waals surface area contributed by atoms with Crippen LogP contribution in [0.25, 0.3) is 27.8 Å². The number of aryl methyl sites for hydroxylation is 2. The topological polar surface area (TPSA) is 130 Å². The van der Waals surface area contributed by atoms with Crippen LogP contribution in [0.15, 0.2) is 91.1 Å². The van der Waals surface area contributed by atoms with Crippen molar-refractivity contribution in [2.24, 2.45) is 0 Å². The van der Waals surface area contributed by atoms with E-state index in [9.17, 15) is 40.8 Å². The van der Waals surface area contributed by atoms with Crippen LogP contribution < -0.4 is 0 Å². The lowest BCUT2D eigenvalue weighted by Gasteiger charge is -2.33. The molecule has 0 saturated heterocycles. The lowest BCUT2D eigenvalue weighted by atomic mass is 9.96. The summed E-state index contributed by atoms with van der Waals surface area (Å²) in [7, 11) is -4.33. The van der Waals surface area contributed by atoms with Gasteiger partial charge in [0, 0.05) is 35.8 Å². The number of carboxylic acid groups (broad SMARTS) is 1. The first-order chi connectivity index (χ1) is 28.1. The maximum absolute atomic E-state index is 15.2. The first-order valence-corrected chi connectivity index (χ1v) is 20.1. The Morgan fingerprint density at radius 3 is 2.08 bits per heavy atom. The number of aromatic nitrogens is 3. The van der Waals surface area contributed by atoms with Crippen LogP contribution in [0.5, 0.6) is 0 Å². The van der Waals surface area contributed by atoms with Crippen molar-refractivity contribution in [2.45, 2.75) is 78.1 Å². The maximum Gasteiger partial charge on any atom is 0.469 e. The molecule has 2 aromatic heterocycles. The lowest BCUT2D eigenvalue weighted by molar-refractivity contribution is -0.143. The van der Waals surface area contributed by atoms with E-state index < -0.39 is 48.8 Å². The molecule has 1 aliphatic heterocycles. The van der Waals surface area contributed by atoms with Crippen LogP contribution in [-0.2, 0) is 59.5 Å². The Morgan fingerprint density at radius 1 is 0.867 bits per heavy atom. The quantitative estimate of drug-likeness (QED) is 0.0968. The van der Waals surface area contributed by atoms with Crippen molar-refractivity contribution in [1.29, 1.82) is 0 Å². The predicted molar refractivity (Wildman–Crippen MR) is 209 cm³/mol. The molecular formula is C42H40F7N4O6P. The summed E-state index contributed by atoms with van der Waals surface area (Å²) in [4.78, 5) is 30.4. The van der Waals surface area contributed by atoms with Gasteiger partial charge in [-0.2, -0.15) is 31.4 Å². The predicted octanol–water partition coefficient (Wildman–Crippen LogP) is 10.9. The third-order valence-corrected chi connectivity index (χ3v) is 11.0. The molecular weight excluding hydrogens is 820 g/mol. The van der Waals surface area contributed by atoms with E-state index in [1.165, 1.54) is 24.4 Å². The Bertz CT molecular complexity index is 2580. The van der Waals surface area contributed by atoms with Gasteiger partial charge in [-0.15, -0.1) is 0 Å². The highest BCUT2D eigenvalue weighted by molar-refractivity contribution is 7.46. The van der Waals surface area contributed by atoms with Gasteiger partial charge < -0.3 is 14.9 Å². The molecule has 1 aliphatic rings. The molecule has 7 rings (SSSR count). The Morgan fingerprint density at radius 2 is 1.52 bits per heavy atom. The van der Waals surface area contributed by atoms with E-state index in [2.05, 4.69) is 4.52 Å². The number of alkyl halides is 6. The largest absolute Gasteiger partial charge is 0.469 e. The normalized spacial score (nSPS) is 14.3. The summed E-state index contributed by atoms with van der Waals surface area (Å²) >= 11 is 0. The minimum absolute atomic E-state index is 0.0598. The van der Waals surface area contributed by atoms with Crippen molar-refractivity contribution < 1.29 is 59.5 Å². The van der Waals surface area contributed by atoms with Gasteiger partial charge in [0.15, 0.2) is 0 Å². The van der Waals surface area contributed by atoms with Crippen molar-refractivity contribution in [2.75, 3.05) is 0 Å². The lowest BCUT2D eigenvalue weighted by Crippen LogP contribution is -2.36. The Balaban J connectivity index is 0.000000433. The summed E-state index contributed by atoms with van der Waals surface area (Å²) in [6.45, 7) is 7.21. The van der Waals surface area contributed by atoms with E-state index >= 15 is 4.39 Å². The number of phosphoric ester groups is 1. The molecule has 0 fully saturated rings. The zero-order valence-corrected chi connectivity index (χ0v) is 33.5. The fraction of sp³-hybridized carbons (Fsp3) is 0.286. The van der Waals surface area contributed by atoms with Crippen LogP contribution in [0, 0.1) is 5.82 Å². The Hall–Kier alpha value is -5.32. The molecule has 3 heterocycles. The standard InChI is InChI=1S/C35H31F7N4O2.C7H9O4P/c1-5-19-8-7-9-20(6-2)28(19)46-29(23-12-13-27(36)30-24(23)14-15-45(30)32(47)48)25-18-44(33(3,4)31(25)43-46)17-21-10-11-22(34(37,38)39)16-26(21)35(40,41)42;8-12(9,10)11-6-7-4-2-1-3-5-7/h7-16H,5-6,17-18H2,1-4H3,(H,47,48);1-5H,6H2,(H2,8,9,10). The fourth-order valence-corrected chi connectivity index (χ4v) is 7.80. The number of fused-ring (bicyclic) bond motifs is 2. The van der Waals surface area contributed by atoms with E-state index in [1.54, 1.807) is 47.7 Å². The van der Waals surface area contributed by atoms with Crippen LogP contribution in [0.3, 0.4) is 0 Å². The summed E-state index contributed by atoms with van der Waals surface area (Å²) in [5, 5.41) is 15.1. The highest BCUT2D eigenvalue weighted by atomic mass is 31.2. The average Bonchev–Trinajstić information content (AvgIpc) is 3.86. The third kappa shape index (κ3) is 8.91. The average molecular weight is 861 g/mol. The van der Waals surface area contributed by atoms with Crippen LogP contribution in [0.2, 0.25) is 0 Å². The number of hydrogen-bond acceptors (Lipinski definition) is 5. The monoisotopic (exact) mass is 860 g/mol. The highest BCUT2D eigenvalue weighted by Gasteiger charge is 2.45. The van der Waals surface area contributed by atoms with Crippen LogP contribution in [0.1, 0.15) is 72.3 Å². The minimum Gasteiger partial charge on any atom is -0.464 e. The van der Waals surface area contributed by atoms with Crippen molar-refractivity contribution in [3.8, 4) is 16.9 Å². The van der Waals surface area contributed by atoms with E-state index in [0.717, 1.165) is 33.0 Å². The molecule has 0 atom stereocenters. The molecule has 18 heteroatoms. The van der Waals surface area contributed by atoms with Crippen molar-refractivity contribution in [1.82, 2.24) is 19.2 Å². The Kier molecular flexibility index (Phi) is 12.3. The molecule has 4 aromatic carbocycles. The van der Waals surface area contributed by atoms with Crippen molar-refractivity contribution in [3.05, 3.63) is 142 Å². The molecule has 60 heavy (non-hydrogen) atoms. The van der Waals surface area contributed by atoms with Gasteiger partial charge in [-0.1, -0.05) is 68.4 Å². The molecule has 6 aromatic rings. The van der Waals surface area contributed by atoms with E-state index in [0.29, 0.717) is 46.8 Å². The maximum atomic E-state index is 15.2. The van der Waals surface area contributed by atoms with E-state index in [-0.39, 0.29) is 36.8 Å².